The van der Waals surface area contributed by atoms with Crippen LogP contribution < -0.4 is 4.90 Å². The molecule has 2 saturated heterocycles. The summed E-state index contributed by atoms with van der Waals surface area (Å²) in [6.45, 7) is 8.30. The van der Waals surface area contributed by atoms with Gasteiger partial charge in [-0.15, -0.1) is 0 Å². The fourth-order valence-corrected chi connectivity index (χ4v) is 3.64. The van der Waals surface area contributed by atoms with Gasteiger partial charge in [0.05, 0.1) is 0 Å². The highest BCUT2D eigenvalue weighted by atomic mass is 16.4. The highest BCUT2D eigenvalue weighted by Gasteiger charge is 2.30. The van der Waals surface area contributed by atoms with E-state index in [0.29, 0.717) is 17.6 Å². The summed E-state index contributed by atoms with van der Waals surface area (Å²) < 4.78 is 5.60. The maximum absolute atomic E-state index is 5.60. The number of hydrogen-bond acceptors (Lipinski definition) is 6. The van der Waals surface area contributed by atoms with Crippen molar-refractivity contribution in [3.63, 3.8) is 0 Å². The minimum Gasteiger partial charge on any atom is -0.422 e. The normalized spacial score (nSPS) is 23.5. The standard InChI is InChI=1S/C15H21N5O/c1-10-16-14(13-15(17-10)21-11(2)18-13)20-8-4-7-19-6-3-5-12(19)9-20/h12H,3-9H2,1-2H3/t12-/m0/s1. The Hall–Kier alpha value is -1.69. The summed E-state index contributed by atoms with van der Waals surface area (Å²) >= 11 is 0. The van der Waals surface area contributed by atoms with E-state index < -0.39 is 0 Å². The van der Waals surface area contributed by atoms with Crippen molar-refractivity contribution in [3.05, 3.63) is 11.7 Å². The summed E-state index contributed by atoms with van der Waals surface area (Å²) in [5.74, 6) is 2.35. The maximum atomic E-state index is 5.60. The lowest BCUT2D eigenvalue weighted by Gasteiger charge is -2.26. The largest absolute Gasteiger partial charge is 0.422 e. The monoisotopic (exact) mass is 287 g/mol. The van der Waals surface area contributed by atoms with Gasteiger partial charge in [0.1, 0.15) is 5.82 Å². The third-order valence-electron chi connectivity index (χ3n) is 4.56. The number of oxazole rings is 1. The highest BCUT2D eigenvalue weighted by molar-refractivity contribution is 5.82. The zero-order valence-electron chi connectivity index (χ0n) is 12.7. The molecule has 0 spiro atoms. The first kappa shape index (κ1) is 13.0. The summed E-state index contributed by atoms with van der Waals surface area (Å²) in [7, 11) is 0. The molecule has 1 atom stereocenters. The quantitative estimate of drug-likeness (QED) is 0.798. The first-order valence-electron chi connectivity index (χ1n) is 7.81. The number of anilines is 1. The summed E-state index contributed by atoms with van der Waals surface area (Å²) in [5, 5.41) is 0. The van der Waals surface area contributed by atoms with Gasteiger partial charge in [0, 0.05) is 32.6 Å². The lowest BCUT2D eigenvalue weighted by molar-refractivity contribution is 0.273. The Balaban J connectivity index is 1.74. The van der Waals surface area contributed by atoms with Gasteiger partial charge in [-0.3, -0.25) is 4.90 Å². The van der Waals surface area contributed by atoms with E-state index in [4.69, 9.17) is 4.42 Å². The van der Waals surface area contributed by atoms with Crippen molar-refractivity contribution in [2.45, 2.75) is 39.2 Å². The van der Waals surface area contributed by atoms with E-state index in [9.17, 15) is 0 Å². The van der Waals surface area contributed by atoms with E-state index in [0.717, 1.165) is 30.2 Å². The Kier molecular flexibility index (Phi) is 3.06. The second kappa shape index (κ2) is 4.94. The second-order valence-corrected chi connectivity index (χ2v) is 6.11. The first-order chi connectivity index (χ1) is 10.2. The molecule has 4 heterocycles. The molecule has 21 heavy (non-hydrogen) atoms. The molecule has 0 unspecified atom stereocenters. The summed E-state index contributed by atoms with van der Waals surface area (Å²) in [4.78, 5) is 18.5. The van der Waals surface area contributed by atoms with Crippen LogP contribution in [-0.2, 0) is 0 Å². The third-order valence-corrected chi connectivity index (χ3v) is 4.56. The molecule has 0 saturated carbocycles. The van der Waals surface area contributed by atoms with Gasteiger partial charge in [0.25, 0.3) is 5.71 Å². The zero-order chi connectivity index (χ0) is 14.4. The van der Waals surface area contributed by atoms with Crippen LogP contribution in [0.5, 0.6) is 0 Å². The molecule has 2 aliphatic heterocycles. The summed E-state index contributed by atoms with van der Waals surface area (Å²) in [5.41, 5.74) is 1.42. The zero-order valence-corrected chi connectivity index (χ0v) is 12.7. The molecule has 0 bridgehead atoms. The van der Waals surface area contributed by atoms with E-state index in [2.05, 4.69) is 24.8 Å². The number of aryl methyl sites for hydroxylation is 2. The van der Waals surface area contributed by atoms with Crippen molar-refractivity contribution in [2.24, 2.45) is 0 Å². The van der Waals surface area contributed by atoms with E-state index in [1.807, 2.05) is 13.8 Å². The molecule has 6 nitrogen and oxygen atoms in total. The van der Waals surface area contributed by atoms with Gasteiger partial charge in [0.2, 0.25) is 0 Å². The van der Waals surface area contributed by atoms with Crippen LogP contribution in [0.15, 0.2) is 4.42 Å². The SMILES string of the molecule is Cc1nc(N2CCCN3CCC[C@H]3C2)c2nc(C)oc2n1. The second-order valence-electron chi connectivity index (χ2n) is 6.11. The Labute approximate surface area is 124 Å². The topological polar surface area (TPSA) is 58.3 Å². The molecule has 6 heteroatoms. The molecule has 0 aliphatic carbocycles. The fraction of sp³-hybridized carbons (Fsp3) is 0.667. The van der Waals surface area contributed by atoms with Crippen molar-refractivity contribution in [3.8, 4) is 0 Å². The van der Waals surface area contributed by atoms with Gasteiger partial charge >= 0.3 is 0 Å². The number of fused-ring (bicyclic) bond motifs is 2. The number of nitrogens with zero attached hydrogens (tertiary/aromatic N) is 5. The Morgan fingerprint density at radius 2 is 1.90 bits per heavy atom. The van der Waals surface area contributed by atoms with Crippen LogP contribution in [-0.4, -0.2) is 52.1 Å². The molecule has 0 aromatic carbocycles. The number of aromatic nitrogens is 3. The van der Waals surface area contributed by atoms with Gasteiger partial charge in [-0.05, 0) is 32.7 Å². The van der Waals surface area contributed by atoms with Crippen molar-refractivity contribution >= 4 is 17.0 Å². The van der Waals surface area contributed by atoms with Crippen LogP contribution >= 0.6 is 0 Å². The average Bonchev–Trinajstić information content (AvgIpc) is 2.98. The van der Waals surface area contributed by atoms with Crippen LogP contribution in [0.3, 0.4) is 0 Å². The van der Waals surface area contributed by atoms with Gasteiger partial charge < -0.3 is 9.32 Å². The van der Waals surface area contributed by atoms with E-state index >= 15 is 0 Å². The predicted octanol–water partition coefficient (Wildman–Crippen LogP) is 1.91. The predicted molar refractivity (Wildman–Crippen MR) is 80.5 cm³/mol. The molecule has 0 N–H and O–H groups in total. The molecule has 0 radical (unpaired) electrons. The smallest absolute Gasteiger partial charge is 0.252 e. The molecular weight excluding hydrogens is 266 g/mol. The minimum atomic E-state index is 0.613. The highest BCUT2D eigenvalue weighted by Crippen LogP contribution is 2.28. The van der Waals surface area contributed by atoms with Gasteiger partial charge in [0.15, 0.2) is 17.2 Å². The van der Waals surface area contributed by atoms with Crippen LogP contribution in [0.1, 0.15) is 31.0 Å². The maximum Gasteiger partial charge on any atom is 0.252 e. The van der Waals surface area contributed by atoms with Crippen molar-refractivity contribution in [2.75, 3.05) is 31.1 Å². The Morgan fingerprint density at radius 3 is 2.81 bits per heavy atom. The van der Waals surface area contributed by atoms with Gasteiger partial charge in [-0.25, -0.2) is 9.97 Å². The Morgan fingerprint density at radius 1 is 1.05 bits per heavy atom. The van der Waals surface area contributed by atoms with Crippen LogP contribution in [0.2, 0.25) is 0 Å². The number of rotatable bonds is 1. The molecule has 2 aromatic heterocycles. The lowest BCUT2D eigenvalue weighted by atomic mass is 10.2. The molecule has 2 aliphatic rings. The third kappa shape index (κ3) is 2.27. The molecule has 4 rings (SSSR count). The lowest BCUT2D eigenvalue weighted by Crippen LogP contribution is -2.37. The van der Waals surface area contributed by atoms with E-state index in [1.54, 1.807) is 0 Å². The van der Waals surface area contributed by atoms with Crippen molar-refractivity contribution < 1.29 is 4.42 Å². The fourth-order valence-electron chi connectivity index (χ4n) is 3.64. The first-order valence-corrected chi connectivity index (χ1v) is 7.81. The van der Waals surface area contributed by atoms with Crippen LogP contribution in [0, 0.1) is 13.8 Å². The molecule has 0 amide bonds. The van der Waals surface area contributed by atoms with E-state index in [1.165, 1.54) is 32.4 Å². The minimum absolute atomic E-state index is 0.613. The van der Waals surface area contributed by atoms with E-state index in [-0.39, 0.29) is 0 Å². The summed E-state index contributed by atoms with van der Waals surface area (Å²) in [6.07, 6.45) is 3.79. The van der Waals surface area contributed by atoms with Crippen LogP contribution in [0.4, 0.5) is 5.82 Å². The molecular formula is C15H21N5O. The van der Waals surface area contributed by atoms with Gasteiger partial charge in [-0.2, -0.15) is 4.98 Å². The molecule has 112 valence electrons. The van der Waals surface area contributed by atoms with Crippen molar-refractivity contribution in [1.29, 1.82) is 0 Å². The molecule has 2 aromatic rings. The van der Waals surface area contributed by atoms with Crippen molar-refractivity contribution in [1.82, 2.24) is 19.9 Å². The Bertz CT molecular complexity index is 667. The average molecular weight is 287 g/mol. The van der Waals surface area contributed by atoms with Gasteiger partial charge in [-0.1, -0.05) is 0 Å². The molecule has 2 fully saturated rings. The number of hydrogen-bond donors (Lipinski definition) is 0. The summed E-state index contributed by atoms with van der Waals surface area (Å²) in [6, 6.07) is 0.658. The van der Waals surface area contributed by atoms with Crippen LogP contribution in [0.25, 0.3) is 11.2 Å².